The fourth-order valence-corrected chi connectivity index (χ4v) is 7.73. The number of nitrogens with one attached hydrogen (secondary N) is 6. The topological polar surface area (TPSA) is 209 Å². The standard InChI is InChI=1S/C36H38N6O8S2/c1-23(43)41-25-11-15-27(16-12-25)51(47,48)39-21-5-19-37-31-9-3-7-29-33(31)36(46)34-30(35(29)45)8-4-10-32(34)38-20-6-22-40-52(49,50)28-17-13-26(14-18-28)42-24(2)44/h3-4,7-18,37-40H,5-6,19-22H2,1-2H3,(H,41,43)(H,42,44). The van der Waals surface area contributed by atoms with Crippen molar-refractivity contribution in [1.29, 1.82) is 0 Å². The fraction of sp³-hybridized carbons (Fsp3) is 0.222. The molecule has 5 rings (SSSR count). The quantitative estimate of drug-likeness (QED) is 0.0802. The molecule has 0 aromatic heterocycles. The van der Waals surface area contributed by atoms with E-state index < -0.39 is 20.0 Å². The lowest BCUT2D eigenvalue weighted by molar-refractivity contribution is -0.115. The van der Waals surface area contributed by atoms with E-state index >= 15 is 0 Å². The Morgan fingerprint density at radius 2 is 0.904 bits per heavy atom. The normalized spacial score (nSPS) is 12.4. The lowest BCUT2D eigenvalue weighted by Gasteiger charge is -2.23. The summed E-state index contributed by atoms with van der Waals surface area (Å²) < 4.78 is 56.0. The molecule has 1 aliphatic carbocycles. The van der Waals surface area contributed by atoms with Crippen LogP contribution in [0.15, 0.2) is 94.7 Å². The third kappa shape index (κ3) is 9.08. The second-order valence-electron chi connectivity index (χ2n) is 11.9. The summed E-state index contributed by atoms with van der Waals surface area (Å²) in [6.45, 7) is 3.50. The Hall–Kier alpha value is -5.42. The van der Waals surface area contributed by atoms with Gasteiger partial charge in [0.1, 0.15) is 0 Å². The lowest BCUT2D eigenvalue weighted by atomic mass is 9.82. The number of amides is 2. The zero-order valence-corrected chi connectivity index (χ0v) is 30.0. The summed E-state index contributed by atoms with van der Waals surface area (Å²) >= 11 is 0. The van der Waals surface area contributed by atoms with Crippen molar-refractivity contribution in [2.75, 3.05) is 47.4 Å². The number of anilines is 4. The van der Waals surface area contributed by atoms with Crippen LogP contribution >= 0.6 is 0 Å². The van der Waals surface area contributed by atoms with E-state index in [9.17, 15) is 36.0 Å². The van der Waals surface area contributed by atoms with Crippen LogP contribution in [0.4, 0.5) is 22.7 Å². The van der Waals surface area contributed by atoms with Crippen molar-refractivity contribution in [2.24, 2.45) is 0 Å². The molecule has 0 spiro atoms. The van der Waals surface area contributed by atoms with Crippen LogP contribution in [0.5, 0.6) is 0 Å². The number of fused-ring (bicyclic) bond motifs is 2. The number of hydrogen-bond acceptors (Lipinski definition) is 10. The van der Waals surface area contributed by atoms with Gasteiger partial charge in [0.15, 0.2) is 11.6 Å². The molecule has 6 N–H and O–H groups in total. The molecule has 0 unspecified atom stereocenters. The molecule has 0 aliphatic heterocycles. The Bertz CT molecular complexity index is 2070. The van der Waals surface area contributed by atoms with Gasteiger partial charge in [-0.2, -0.15) is 0 Å². The number of carbonyl (C=O) groups excluding carboxylic acids is 4. The monoisotopic (exact) mass is 746 g/mol. The number of hydrogen-bond donors (Lipinski definition) is 6. The smallest absolute Gasteiger partial charge is 0.240 e. The molecular formula is C36H38N6O8S2. The Labute approximate surface area is 301 Å². The molecule has 0 heterocycles. The second kappa shape index (κ2) is 16.3. The summed E-state index contributed by atoms with van der Waals surface area (Å²) in [5.74, 6) is -1.21. The Kier molecular flexibility index (Phi) is 11.8. The maximum Gasteiger partial charge on any atom is 0.240 e. The maximum absolute atomic E-state index is 14.0. The maximum atomic E-state index is 14.0. The molecule has 272 valence electrons. The van der Waals surface area contributed by atoms with Gasteiger partial charge < -0.3 is 21.3 Å². The number of benzene rings is 4. The average molecular weight is 747 g/mol. The van der Waals surface area contributed by atoms with E-state index in [1.165, 1.54) is 62.4 Å². The van der Waals surface area contributed by atoms with Gasteiger partial charge in [-0.3, -0.25) is 19.2 Å². The summed E-state index contributed by atoms with van der Waals surface area (Å²) in [7, 11) is -7.59. The van der Waals surface area contributed by atoms with Gasteiger partial charge in [0.25, 0.3) is 0 Å². The van der Waals surface area contributed by atoms with Crippen molar-refractivity contribution in [3.63, 3.8) is 0 Å². The molecule has 0 bridgehead atoms. The summed E-state index contributed by atoms with van der Waals surface area (Å²) in [6.07, 6.45) is 0.731. The molecule has 0 atom stereocenters. The first-order valence-corrected chi connectivity index (χ1v) is 19.3. The molecule has 0 saturated carbocycles. The molecule has 0 saturated heterocycles. The molecule has 0 fully saturated rings. The van der Waals surface area contributed by atoms with E-state index in [1.807, 2.05) is 0 Å². The minimum absolute atomic E-state index is 0.0478. The van der Waals surface area contributed by atoms with E-state index in [4.69, 9.17) is 0 Å². The van der Waals surface area contributed by atoms with E-state index in [0.29, 0.717) is 48.7 Å². The van der Waals surface area contributed by atoms with Crippen molar-refractivity contribution < 1.29 is 36.0 Å². The summed E-state index contributed by atoms with van der Waals surface area (Å²) in [6, 6.07) is 21.5. The molecule has 1 aliphatic rings. The van der Waals surface area contributed by atoms with E-state index in [2.05, 4.69) is 30.7 Å². The summed E-state index contributed by atoms with van der Waals surface area (Å²) in [4.78, 5) is 50.0. The molecule has 4 aromatic carbocycles. The largest absolute Gasteiger partial charge is 0.384 e. The molecule has 0 radical (unpaired) electrons. The number of ketones is 2. The summed E-state index contributed by atoms with van der Waals surface area (Å²) in [5, 5.41) is 11.5. The van der Waals surface area contributed by atoms with Crippen LogP contribution in [0.3, 0.4) is 0 Å². The van der Waals surface area contributed by atoms with Crippen molar-refractivity contribution in [2.45, 2.75) is 36.5 Å². The second-order valence-corrected chi connectivity index (χ2v) is 15.4. The van der Waals surface area contributed by atoms with Crippen LogP contribution in [0.2, 0.25) is 0 Å². The molecule has 2 amide bonds. The van der Waals surface area contributed by atoms with Crippen LogP contribution in [0, 0.1) is 0 Å². The highest BCUT2D eigenvalue weighted by molar-refractivity contribution is 7.89. The third-order valence-corrected chi connectivity index (χ3v) is 10.9. The van der Waals surface area contributed by atoms with Gasteiger partial charge >= 0.3 is 0 Å². The van der Waals surface area contributed by atoms with Crippen LogP contribution < -0.4 is 30.7 Å². The molecule has 4 aromatic rings. The Morgan fingerprint density at radius 1 is 0.519 bits per heavy atom. The fourth-order valence-electron chi connectivity index (χ4n) is 5.58. The first-order valence-electron chi connectivity index (χ1n) is 16.3. The van der Waals surface area contributed by atoms with E-state index in [0.717, 1.165) is 0 Å². The minimum atomic E-state index is -3.80. The van der Waals surface area contributed by atoms with Gasteiger partial charge in [0.05, 0.1) is 20.9 Å². The van der Waals surface area contributed by atoms with Gasteiger partial charge in [-0.15, -0.1) is 0 Å². The van der Waals surface area contributed by atoms with Crippen molar-refractivity contribution in [1.82, 2.24) is 9.44 Å². The number of sulfonamides is 2. The highest BCUT2D eigenvalue weighted by Gasteiger charge is 2.33. The highest BCUT2D eigenvalue weighted by atomic mass is 32.2. The third-order valence-electron chi connectivity index (χ3n) is 7.96. The van der Waals surface area contributed by atoms with Gasteiger partial charge in [-0.05, 0) is 73.5 Å². The zero-order chi connectivity index (χ0) is 37.5. The first kappa shape index (κ1) is 37.8. The van der Waals surface area contributed by atoms with Gasteiger partial charge in [-0.1, -0.05) is 24.3 Å². The minimum Gasteiger partial charge on any atom is -0.384 e. The lowest BCUT2D eigenvalue weighted by Crippen LogP contribution is -2.27. The Balaban J connectivity index is 1.17. The molecule has 14 nitrogen and oxygen atoms in total. The first-order chi connectivity index (χ1) is 24.8. The van der Waals surface area contributed by atoms with Crippen LogP contribution in [0.25, 0.3) is 0 Å². The molecule has 52 heavy (non-hydrogen) atoms. The van der Waals surface area contributed by atoms with Crippen molar-refractivity contribution in [3.8, 4) is 0 Å². The molecule has 16 heteroatoms. The van der Waals surface area contributed by atoms with Gasteiger partial charge in [0.2, 0.25) is 31.9 Å². The Morgan fingerprint density at radius 3 is 1.27 bits per heavy atom. The van der Waals surface area contributed by atoms with Gasteiger partial charge in [0, 0.05) is 73.9 Å². The summed E-state index contributed by atoms with van der Waals surface area (Å²) in [5.41, 5.74) is 2.76. The predicted molar refractivity (Wildman–Crippen MR) is 198 cm³/mol. The SMILES string of the molecule is CC(=O)Nc1ccc(S(=O)(=O)NCCCNc2cccc3c2C(=O)c2c(NCCCNS(=O)(=O)c4ccc(NC(C)=O)cc4)cccc2C3=O)cc1. The van der Waals surface area contributed by atoms with Crippen molar-refractivity contribution >= 4 is 66.2 Å². The predicted octanol–water partition coefficient (Wildman–Crippen LogP) is 3.94. The van der Waals surface area contributed by atoms with E-state index in [1.54, 1.807) is 36.4 Å². The number of carbonyl (C=O) groups is 4. The van der Waals surface area contributed by atoms with Crippen LogP contribution in [0.1, 0.15) is 58.5 Å². The highest BCUT2D eigenvalue weighted by Crippen LogP contribution is 2.35. The van der Waals surface area contributed by atoms with Gasteiger partial charge in [-0.25, -0.2) is 26.3 Å². The van der Waals surface area contributed by atoms with Crippen molar-refractivity contribution in [3.05, 3.63) is 107 Å². The van der Waals surface area contributed by atoms with Crippen LogP contribution in [-0.2, 0) is 29.6 Å². The average Bonchev–Trinajstić information content (AvgIpc) is 3.10. The number of rotatable bonds is 16. The van der Waals surface area contributed by atoms with E-state index in [-0.39, 0.29) is 68.5 Å². The van der Waals surface area contributed by atoms with Crippen LogP contribution in [-0.4, -0.2) is 66.4 Å². The zero-order valence-electron chi connectivity index (χ0n) is 28.4. The molecular weight excluding hydrogens is 709 g/mol.